The molecule has 3 aromatic rings. The Morgan fingerprint density at radius 1 is 1.16 bits per heavy atom. The fourth-order valence-corrected chi connectivity index (χ4v) is 2.96. The minimum absolute atomic E-state index is 0. The van der Waals surface area contributed by atoms with Gasteiger partial charge in [0, 0.05) is 13.5 Å². The smallest absolute Gasteiger partial charge is 0.547 e. The van der Waals surface area contributed by atoms with Gasteiger partial charge in [-0.05, 0) is 50.6 Å². The second-order valence-electron chi connectivity index (χ2n) is 8.12. The van der Waals surface area contributed by atoms with E-state index >= 15 is 0 Å². The van der Waals surface area contributed by atoms with Gasteiger partial charge in [-0.1, -0.05) is 24.3 Å². The Kier molecular flexibility index (Phi) is 8.94. The molecule has 0 radical (unpaired) electrons. The van der Waals surface area contributed by atoms with Crippen molar-refractivity contribution in [2.24, 2.45) is 0 Å². The molecular formula is C23H27N2NaO5. The minimum Gasteiger partial charge on any atom is -0.547 e. The standard InChI is InChI=1S/C23H28N2O5.Na/c1-23(2,3)30-20(21(26)27)15-16-9-11-17(12-10-16)28-14-13-25(4)22-24-18-7-5-6-8-19(18)29-22;/h5-12,20H,13-15H2,1-4H3,(H,26,27);/q;+1/p-1. The number of hydrogen-bond donors (Lipinski definition) is 0. The molecule has 0 fully saturated rings. The van der Waals surface area contributed by atoms with E-state index in [9.17, 15) is 9.90 Å². The van der Waals surface area contributed by atoms with Gasteiger partial charge in [-0.2, -0.15) is 4.98 Å². The molecule has 1 heterocycles. The molecule has 8 heteroatoms. The average Bonchev–Trinajstić information content (AvgIpc) is 3.12. The van der Waals surface area contributed by atoms with Gasteiger partial charge in [0.15, 0.2) is 5.58 Å². The zero-order valence-electron chi connectivity index (χ0n) is 18.8. The maximum absolute atomic E-state index is 11.3. The Balaban J connectivity index is 0.00000341. The van der Waals surface area contributed by atoms with Gasteiger partial charge in [-0.25, -0.2) is 0 Å². The van der Waals surface area contributed by atoms with E-state index in [1.165, 1.54) is 0 Å². The van der Waals surface area contributed by atoms with Gasteiger partial charge < -0.3 is 28.7 Å². The van der Waals surface area contributed by atoms with Crippen molar-refractivity contribution >= 4 is 23.1 Å². The summed E-state index contributed by atoms with van der Waals surface area (Å²) in [6.45, 7) is 6.50. The zero-order chi connectivity index (χ0) is 21.7. The van der Waals surface area contributed by atoms with Crippen molar-refractivity contribution in [2.45, 2.75) is 38.9 Å². The number of nitrogens with zero attached hydrogens (tertiary/aromatic N) is 2. The first-order valence-corrected chi connectivity index (χ1v) is 9.88. The summed E-state index contributed by atoms with van der Waals surface area (Å²) in [5.41, 5.74) is 1.85. The summed E-state index contributed by atoms with van der Waals surface area (Å²) in [6, 6.07) is 15.5. The molecule has 0 saturated carbocycles. The number of oxazole rings is 1. The first-order valence-electron chi connectivity index (χ1n) is 9.88. The van der Waals surface area contributed by atoms with E-state index in [4.69, 9.17) is 13.9 Å². The van der Waals surface area contributed by atoms with Crippen LogP contribution in [-0.2, 0) is 16.0 Å². The number of rotatable bonds is 9. The number of ether oxygens (including phenoxy) is 2. The molecule has 0 amide bonds. The monoisotopic (exact) mass is 434 g/mol. The topological polar surface area (TPSA) is 87.9 Å². The van der Waals surface area contributed by atoms with Crippen molar-refractivity contribution in [1.29, 1.82) is 0 Å². The fraction of sp³-hybridized carbons (Fsp3) is 0.391. The Morgan fingerprint density at radius 3 is 2.45 bits per heavy atom. The van der Waals surface area contributed by atoms with E-state index in [-0.39, 0.29) is 36.0 Å². The Bertz CT molecular complexity index is 949. The number of carboxylic acid groups (broad SMARTS) is 1. The number of likely N-dealkylation sites (N-methyl/N-ethyl adjacent to an activating group) is 1. The molecule has 1 aromatic heterocycles. The molecule has 0 saturated heterocycles. The Labute approximate surface area is 204 Å². The van der Waals surface area contributed by atoms with Crippen molar-refractivity contribution in [1.82, 2.24) is 4.98 Å². The molecule has 3 rings (SSSR count). The van der Waals surface area contributed by atoms with Crippen molar-refractivity contribution in [3.63, 3.8) is 0 Å². The normalized spacial score (nSPS) is 12.3. The number of benzene rings is 2. The average molecular weight is 434 g/mol. The Morgan fingerprint density at radius 2 is 1.84 bits per heavy atom. The summed E-state index contributed by atoms with van der Waals surface area (Å²) in [4.78, 5) is 17.7. The minimum atomic E-state index is -1.22. The number of carbonyl (C=O) groups excluding carboxylic acids is 1. The van der Waals surface area contributed by atoms with Crippen molar-refractivity contribution in [3.05, 3.63) is 54.1 Å². The van der Waals surface area contributed by atoms with Crippen LogP contribution in [0.1, 0.15) is 26.3 Å². The number of carbonyl (C=O) groups is 1. The van der Waals surface area contributed by atoms with E-state index in [2.05, 4.69) is 4.98 Å². The molecule has 0 aliphatic carbocycles. The van der Waals surface area contributed by atoms with E-state index < -0.39 is 17.7 Å². The Hall–Kier alpha value is -2.06. The number of fused-ring (bicyclic) bond motifs is 1. The van der Waals surface area contributed by atoms with Crippen LogP contribution in [0, 0.1) is 0 Å². The second-order valence-corrected chi connectivity index (χ2v) is 8.12. The van der Waals surface area contributed by atoms with E-state index in [1.807, 2.05) is 81.2 Å². The summed E-state index contributed by atoms with van der Waals surface area (Å²) < 4.78 is 17.1. The number of hydrogen-bond acceptors (Lipinski definition) is 7. The third-order valence-electron chi connectivity index (χ3n) is 4.41. The predicted molar refractivity (Wildman–Crippen MR) is 113 cm³/mol. The molecule has 7 nitrogen and oxygen atoms in total. The van der Waals surface area contributed by atoms with Gasteiger partial charge in [0.25, 0.3) is 6.01 Å². The molecule has 2 aromatic carbocycles. The quantitative estimate of drug-likeness (QED) is 0.432. The van der Waals surface area contributed by atoms with Crippen LogP contribution >= 0.6 is 0 Å². The van der Waals surface area contributed by atoms with Gasteiger partial charge in [0.2, 0.25) is 0 Å². The van der Waals surface area contributed by atoms with Crippen LogP contribution in [-0.4, -0.2) is 42.9 Å². The first kappa shape index (κ1) is 25.2. The molecule has 0 aliphatic heterocycles. The molecule has 0 aliphatic rings. The van der Waals surface area contributed by atoms with Gasteiger partial charge in [0.1, 0.15) is 24.0 Å². The fourth-order valence-electron chi connectivity index (χ4n) is 2.96. The largest absolute Gasteiger partial charge is 1.00 e. The van der Waals surface area contributed by atoms with Gasteiger partial charge in [0.05, 0.1) is 18.1 Å². The number of carboxylic acids is 1. The molecule has 1 atom stereocenters. The first-order chi connectivity index (χ1) is 14.2. The van der Waals surface area contributed by atoms with Crippen LogP contribution in [0.2, 0.25) is 0 Å². The van der Waals surface area contributed by atoms with Crippen molar-refractivity contribution in [2.75, 3.05) is 25.1 Å². The summed E-state index contributed by atoms with van der Waals surface area (Å²) in [5.74, 6) is -0.515. The molecular weight excluding hydrogens is 407 g/mol. The summed E-state index contributed by atoms with van der Waals surface area (Å²) in [5, 5.41) is 11.3. The van der Waals surface area contributed by atoms with E-state index in [0.717, 1.165) is 16.7 Å². The van der Waals surface area contributed by atoms with E-state index in [0.29, 0.717) is 24.9 Å². The number of aliphatic carboxylic acids is 1. The third-order valence-corrected chi connectivity index (χ3v) is 4.41. The maximum atomic E-state index is 11.3. The third kappa shape index (κ3) is 7.54. The van der Waals surface area contributed by atoms with Crippen molar-refractivity contribution in [3.8, 4) is 5.75 Å². The van der Waals surface area contributed by atoms with Gasteiger partial charge in [-0.3, -0.25) is 0 Å². The van der Waals surface area contributed by atoms with Crippen LogP contribution in [0.15, 0.2) is 52.9 Å². The molecule has 160 valence electrons. The predicted octanol–water partition coefficient (Wildman–Crippen LogP) is -0.177. The number of para-hydroxylation sites is 2. The SMILES string of the molecule is CN(CCOc1ccc(CC(OC(C)(C)C)C(=O)[O-])cc1)c1nc2ccccc2o1.[Na+]. The summed E-state index contributed by atoms with van der Waals surface area (Å²) in [7, 11) is 1.90. The van der Waals surface area contributed by atoms with Crippen LogP contribution in [0.5, 0.6) is 5.75 Å². The molecule has 0 spiro atoms. The van der Waals surface area contributed by atoms with Crippen LogP contribution in [0.3, 0.4) is 0 Å². The van der Waals surface area contributed by atoms with E-state index in [1.54, 1.807) is 0 Å². The number of aromatic nitrogens is 1. The molecule has 0 N–H and O–H groups in total. The molecule has 31 heavy (non-hydrogen) atoms. The summed E-state index contributed by atoms with van der Waals surface area (Å²) in [6.07, 6.45) is -0.762. The van der Waals surface area contributed by atoms with Crippen LogP contribution in [0.25, 0.3) is 11.1 Å². The van der Waals surface area contributed by atoms with Crippen LogP contribution < -0.4 is 44.3 Å². The number of anilines is 1. The van der Waals surface area contributed by atoms with Gasteiger partial charge in [-0.15, -0.1) is 0 Å². The van der Waals surface area contributed by atoms with Gasteiger partial charge >= 0.3 is 29.6 Å². The van der Waals surface area contributed by atoms with Crippen LogP contribution in [0.4, 0.5) is 6.01 Å². The van der Waals surface area contributed by atoms with Crippen molar-refractivity contribution < 1.29 is 53.3 Å². The molecule has 1 unspecified atom stereocenters. The summed E-state index contributed by atoms with van der Waals surface area (Å²) >= 11 is 0. The molecule has 0 bridgehead atoms. The maximum Gasteiger partial charge on any atom is 1.00 e. The zero-order valence-corrected chi connectivity index (χ0v) is 20.8. The second kappa shape index (κ2) is 11.0.